The first-order valence-corrected chi connectivity index (χ1v) is 3.62. The molecule has 0 saturated heterocycles. The Labute approximate surface area is 71.0 Å². The summed E-state index contributed by atoms with van der Waals surface area (Å²) in [5, 5.41) is 2.34. The number of pyridine rings is 1. The first-order valence-electron chi connectivity index (χ1n) is 3.24. The standard InChI is InChI=1S/C7H10ClN3/c1-11(2)10-6-3-4-9-7(8)5-6/h3-5H,1-2H3,(H,9,10). The topological polar surface area (TPSA) is 28.2 Å². The number of hydrogen-bond donors (Lipinski definition) is 1. The monoisotopic (exact) mass is 171 g/mol. The number of hydrazine groups is 1. The van der Waals surface area contributed by atoms with Crippen LogP contribution < -0.4 is 5.43 Å². The van der Waals surface area contributed by atoms with E-state index in [4.69, 9.17) is 11.6 Å². The lowest BCUT2D eigenvalue weighted by molar-refractivity contribution is 0.495. The van der Waals surface area contributed by atoms with Crippen molar-refractivity contribution in [2.24, 2.45) is 0 Å². The van der Waals surface area contributed by atoms with Crippen LogP contribution in [0.25, 0.3) is 0 Å². The third kappa shape index (κ3) is 2.74. The van der Waals surface area contributed by atoms with Crippen LogP contribution in [-0.2, 0) is 0 Å². The van der Waals surface area contributed by atoms with Gasteiger partial charge in [0.1, 0.15) is 5.15 Å². The van der Waals surface area contributed by atoms with E-state index in [1.807, 2.05) is 25.2 Å². The quantitative estimate of drug-likeness (QED) is 0.542. The van der Waals surface area contributed by atoms with Crippen LogP contribution >= 0.6 is 11.6 Å². The van der Waals surface area contributed by atoms with Crippen molar-refractivity contribution in [3.8, 4) is 0 Å². The first-order chi connectivity index (χ1) is 5.18. The third-order valence-electron chi connectivity index (χ3n) is 1.08. The van der Waals surface area contributed by atoms with E-state index in [1.165, 1.54) is 0 Å². The van der Waals surface area contributed by atoms with E-state index in [-0.39, 0.29) is 0 Å². The highest BCUT2D eigenvalue weighted by Gasteiger charge is 1.93. The molecule has 0 spiro atoms. The molecule has 0 aliphatic rings. The molecule has 1 heterocycles. The van der Waals surface area contributed by atoms with Gasteiger partial charge in [0, 0.05) is 20.3 Å². The van der Waals surface area contributed by atoms with Crippen LogP contribution in [0.1, 0.15) is 0 Å². The van der Waals surface area contributed by atoms with Crippen LogP contribution in [0.15, 0.2) is 18.3 Å². The van der Waals surface area contributed by atoms with E-state index >= 15 is 0 Å². The minimum absolute atomic E-state index is 0.497. The van der Waals surface area contributed by atoms with E-state index in [1.54, 1.807) is 12.3 Å². The Bertz CT molecular complexity index is 237. The molecule has 0 saturated carbocycles. The average molecular weight is 172 g/mol. The lowest BCUT2D eigenvalue weighted by atomic mass is 10.4. The highest BCUT2D eigenvalue weighted by Crippen LogP contribution is 2.11. The predicted octanol–water partition coefficient (Wildman–Crippen LogP) is 1.62. The maximum atomic E-state index is 5.66. The van der Waals surface area contributed by atoms with Crippen molar-refractivity contribution in [3.63, 3.8) is 0 Å². The molecule has 0 atom stereocenters. The van der Waals surface area contributed by atoms with E-state index in [0.717, 1.165) is 5.69 Å². The Morgan fingerprint density at radius 2 is 2.27 bits per heavy atom. The van der Waals surface area contributed by atoms with Crippen molar-refractivity contribution in [1.29, 1.82) is 0 Å². The predicted molar refractivity (Wildman–Crippen MR) is 46.6 cm³/mol. The molecule has 0 aliphatic carbocycles. The fourth-order valence-corrected chi connectivity index (χ4v) is 0.904. The van der Waals surface area contributed by atoms with Crippen molar-refractivity contribution in [2.75, 3.05) is 19.5 Å². The summed E-state index contributed by atoms with van der Waals surface area (Å²) in [4.78, 5) is 3.85. The molecule has 0 aliphatic heterocycles. The van der Waals surface area contributed by atoms with E-state index in [9.17, 15) is 0 Å². The van der Waals surface area contributed by atoms with Crippen LogP contribution in [0.5, 0.6) is 0 Å². The van der Waals surface area contributed by atoms with Gasteiger partial charge in [-0.2, -0.15) is 0 Å². The van der Waals surface area contributed by atoms with Gasteiger partial charge in [-0.3, -0.25) is 0 Å². The highest BCUT2D eigenvalue weighted by molar-refractivity contribution is 6.29. The number of anilines is 1. The zero-order chi connectivity index (χ0) is 8.27. The van der Waals surface area contributed by atoms with Crippen LogP contribution in [0.3, 0.4) is 0 Å². The summed E-state index contributed by atoms with van der Waals surface area (Å²) in [6, 6.07) is 3.62. The van der Waals surface area contributed by atoms with Crippen molar-refractivity contribution in [2.45, 2.75) is 0 Å². The summed E-state index contributed by atoms with van der Waals surface area (Å²) >= 11 is 5.66. The molecular formula is C7H10ClN3. The van der Waals surface area contributed by atoms with Crippen molar-refractivity contribution < 1.29 is 0 Å². The Kier molecular flexibility index (Phi) is 2.68. The van der Waals surface area contributed by atoms with Gasteiger partial charge in [-0.1, -0.05) is 11.6 Å². The molecule has 0 aromatic carbocycles. The molecule has 4 heteroatoms. The Balaban J connectivity index is 2.71. The Morgan fingerprint density at radius 1 is 1.55 bits per heavy atom. The molecule has 1 rings (SSSR count). The summed E-state index contributed by atoms with van der Waals surface area (Å²) in [6.07, 6.45) is 1.66. The summed E-state index contributed by atoms with van der Waals surface area (Å²) in [5.41, 5.74) is 3.99. The van der Waals surface area contributed by atoms with Gasteiger partial charge in [-0.25, -0.2) is 9.99 Å². The van der Waals surface area contributed by atoms with Gasteiger partial charge in [0.05, 0.1) is 5.69 Å². The van der Waals surface area contributed by atoms with Crippen LogP contribution in [0, 0.1) is 0 Å². The maximum absolute atomic E-state index is 5.66. The fraction of sp³-hybridized carbons (Fsp3) is 0.286. The van der Waals surface area contributed by atoms with Gasteiger partial charge in [0.25, 0.3) is 0 Å². The molecule has 0 bridgehead atoms. The SMILES string of the molecule is CN(C)Nc1ccnc(Cl)c1. The number of rotatable bonds is 2. The summed E-state index contributed by atoms with van der Waals surface area (Å²) in [6.45, 7) is 0. The van der Waals surface area contributed by atoms with Gasteiger partial charge in [-0.15, -0.1) is 0 Å². The van der Waals surface area contributed by atoms with Crippen molar-refractivity contribution >= 4 is 17.3 Å². The smallest absolute Gasteiger partial charge is 0.131 e. The molecule has 1 N–H and O–H groups in total. The molecule has 0 radical (unpaired) electrons. The van der Waals surface area contributed by atoms with E-state index < -0.39 is 0 Å². The summed E-state index contributed by atoms with van der Waals surface area (Å²) in [5.74, 6) is 0. The molecular weight excluding hydrogens is 162 g/mol. The normalized spacial score (nSPS) is 10.2. The molecule has 0 fully saturated rings. The second-order valence-electron chi connectivity index (χ2n) is 2.37. The molecule has 0 unspecified atom stereocenters. The van der Waals surface area contributed by atoms with Crippen molar-refractivity contribution in [1.82, 2.24) is 9.99 Å². The van der Waals surface area contributed by atoms with Gasteiger partial charge in [0.2, 0.25) is 0 Å². The number of nitrogens with zero attached hydrogens (tertiary/aromatic N) is 2. The summed E-state index contributed by atoms with van der Waals surface area (Å²) in [7, 11) is 3.82. The number of halogens is 1. The molecule has 0 amide bonds. The molecule has 11 heavy (non-hydrogen) atoms. The number of nitrogens with one attached hydrogen (secondary N) is 1. The van der Waals surface area contributed by atoms with Crippen molar-refractivity contribution in [3.05, 3.63) is 23.5 Å². The minimum Gasteiger partial charge on any atom is -0.319 e. The van der Waals surface area contributed by atoms with Gasteiger partial charge >= 0.3 is 0 Å². The van der Waals surface area contributed by atoms with E-state index in [0.29, 0.717) is 5.15 Å². The highest BCUT2D eigenvalue weighted by atomic mass is 35.5. The molecule has 3 nitrogen and oxygen atoms in total. The first kappa shape index (κ1) is 8.30. The van der Waals surface area contributed by atoms with Gasteiger partial charge in [0.15, 0.2) is 0 Å². The van der Waals surface area contributed by atoms with Gasteiger partial charge in [-0.05, 0) is 12.1 Å². The molecule has 1 aromatic heterocycles. The largest absolute Gasteiger partial charge is 0.319 e. The lowest BCUT2D eigenvalue weighted by Gasteiger charge is -2.12. The van der Waals surface area contributed by atoms with Gasteiger partial charge < -0.3 is 5.43 Å². The molecule has 1 aromatic rings. The number of aromatic nitrogens is 1. The number of hydrogen-bond acceptors (Lipinski definition) is 3. The maximum Gasteiger partial charge on any atom is 0.131 e. The Hall–Kier alpha value is -0.800. The lowest BCUT2D eigenvalue weighted by Crippen LogP contribution is -2.19. The Morgan fingerprint density at radius 3 is 2.82 bits per heavy atom. The average Bonchev–Trinajstić information content (AvgIpc) is 1.85. The van der Waals surface area contributed by atoms with Crippen LogP contribution in [0.4, 0.5) is 5.69 Å². The fourth-order valence-electron chi connectivity index (χ4n) is 0.730. The summed E-state index contributed by atoms with van der Waals surface area (Å²) < 4.78 is 0. The van der Waals surface area contributed by atoms with Crippen LogP contribution in [-0.4, -0.2) is 24.1 Å². The zero-order valence-electron chi connectivity index (χ0n) is 6.50. The van der Waals surface area contributed by atoms with Crippen LogP contribution in [0.2, 0.25) is 5.15 Å². The molecule has 60 valence electrons. The third-order valence-corrected chi connectivity index (χ3v) is 1.29. The second-order valence-corrected chi connectivity index (χ2v) is 2.76. The van der Waals surface area contributed by atoms with E-state index in [2.05, 4.69) is 10.4 Å². The minimum atomic E-state index is 0.497. The second kappa shape index (κ2) is 3.55. The zero-order valence-corrected chi connectivity index (χ0v) is 7.26.